The SMILES string of the molecule is CCC(O)(C(=O)O)c1cccc(Cl)c1. The highest BCUT2D eigenvalue weighted by molar-refractivity contribution is 6.30. The Morgan fingerprint density at radius 1 is 1.57 bits per heavy atom. The fourth-order valence-electron chi connectivity index (χ4n) is 1.22. The average molecular weight is 215 g/mol. The second kappa shape index (κ2) is 3.98. The molecule has 0 fully saturated rings. The number of carbonyl (C=O) groups is 1. The predicted octanol–water partition coefficient (Wildman–Crippen LogP) is 2.02. The fourth-order valence-corrected chi connectivity index (χ4v) is 1.41. The Balaban J connectivity index is 3.19. The van der Waals surface area contributed by atoms with Crippen LogP contribution in [0.5, 0.6) is 0 Å². The van der Waals surface area contributed by atoms with E-state index in [-0.39, 0.29) is 6.42 Å². The van der Waals surface area contributed by atoms with Gasteiger partial charge >= 0.3 is 5.97 Å². The number of rotatable bonds is 3. The number of aliphatic carboxylic acids is 1. The molecule has 0 radical (unpaired) electrons. The van der Waals surface area contributed by atoms with E-state index in [2.05, 4.69) is 0 Å². The van der Waals surface area contributed by atoms with Gasteiger partial charge in [0.15, 0.2) is 5.60 Å². The van der Waals surface area contributed by atoms with Gasteiger partial charge in [-0.1, -0.05) is 30.7 Å². The molecule has 1 unspecified atom stereocenters. The molecule has 0 aromatic heterocycles. The van der Waals surface area contributed by atoms with Crippen LogP contribution in [0.1, 0.15) is 18.9 Å². The van der Waals surface area contributed by atoms with E-state index in [9.17, 15) is 9.90 Å². The number of hydrogen-bond donors (Lipinski definition) is 2. The zero-order valence-corrected chi connectivity index (χ0v) is 8.45. The minimum absolute atomic E-state index is 0.0999. The van der Waals surface area contributed by atoms with Crippen molar-refractivity contribution in [3.05, 3.63) is 34.9 Å². The molecular weight excluding hydrogens is 204 g/mol. The number of hydrogen-bond acceptors (Lipinski definition) is 2. The van der Waals surface area contributed by atoms with Gasteiger partial charge in [-0.2, -0.15) is 0 Å². The first kappa shape index (κ1) is 11.0. The first-order chi connectivity index (χ1) is 6.50. The molecule has 0 spiro atoms. The Hall–Kier alpha value is -1.06. The van der Waals surface area contributed by atoms with Crippen LogP contribution in [-0.2, 0) is 10.4 Å². The van der Waals surface area contributed by atoms with Crippen molar-refractivity contribution in [2.24, 2.45) is 0 Å². The lowest BCUT2D eigenvalue weighted by Crippen LogP contribution is -2.34. The quantitative estimate of drug-likeness (QED) is 0.810. The maximum atomic E-state index is 10.9. The molecule has 0 heterocycles. The van der Waals surface area contributed by atoms with Gasteiger partial charge in [0.25, 0.3) is 0 Å². The van der Waals surface area contributed by atoms with Gasteiger partial charge in [0, 0.05) is 5.02 Å². The van der Waals surface area contributed by atoms with Crippen LogP contribution in [0.4, 0.5) is 0 Å². The van der Waals surface area contributed by atoms with E-state index in [0.717, 1.165) is 0 Å². The van der Waals surface area contributed by atoms with Gasteiger partial charge < -0.3 is 10.2 Å². The summed E-state index contributed by atoms with van der Waals surface area (Å²) in [4.78, 5) is 10.9. The maximum absolute atomic E-state index is 10.9. The Bertz CT molecular complexity index is 351. The Morgan fingerprint density at radius 3 is 2.64 bits per heavy atom. The topological polar surface area (TPSA) is 57.5 Å². The third-order valence-corrected chi connectivity index (χ3v) is 2.40. The van der Waals surface area contributed by atoms with Crippen molar-refractivity contribution in [3.8, 4) is 0 Å². The molecular formula is C10H11ClO3. The lowest BCUT2D eigenvalue weighted by Gasteiger charge is -2.22. The van der Waals surface area contributed by atoms with Crippen LogP contribution in [0, 0.1) is 0 Å². The Labute approximate surface area is 86.9 Å². The second-order valence-corrected chi connectivity index (χ2v) is 3.47. The number of aliphatic hydroxyl groups is 1. The predicted molar refractivity (Wildman–Crippen MR) is 53.3 cm³/mol. The summed E-state index contributed by atoms with van der Waals surface area (Å²) < 4.78 is 0. The molecule has 1 atom stereocenters. The monoisotopic (exact) mass is 214 g/mol. The van der Waals surface area contributed by atoms with Crippen LogP contribution < -0.4 is 0 Å². The van der Waals surface area contributed by atoms with E-state index >= 15 is 0 Å². The standard InChI is InChI=1S/C10H11ClO3/c1-2-10(14,9(12)13)7-4-3-5-8(11)6-7/h3-6,14H,2H2,1H3,(H,12,13). The normalized spacial score (nSPS) is 14.8. The van der Waals surface area contributed by atoms with Crippen LogP contribution in [-0.4, -0.2) is 16.2 Å². The van der Waals surface area contributed by atoms with Gasteiger partial charge in [-0.25, -0.2) is 4.79 Å². The highest BCUT2D eigenvalue weighted by Gasteiger charge is 2.35. The second-order valence-electron chi connectivity index (χ2n) is 3.03. The van der Waals surface area contributed by atoms with Crippen molar-refractivity contribution in [3.63, 3.8) is 0 Å². The van der Waals surface area contributed by atoms with Crippen molar-refractivity contribution in [2.45, 2.75) is 18.9 Å². The summed E-state index contributed by atoms with van der Waals surface area (Å²) in [6, 6.07) is 6.24. The summed E-state index contributed by atoms with van der Waals surface area (Å²) in [5.74, 6) is -1.26. The first-order valence-corrected chi connectivity index (χ1v) is 4.60. The Kier molecular flexibility index (Phi) is 3.13. The van der Waals surface area contributed by atoms with Crippen LogP contribution >= 0.6 is 11.6 Å². The van der Waals surface area contributed by atoms with Gasteiger partial charge in [0.2, 0.25) is 0 Å². The molecule has 0 saturated heterocycles. The minimum atomic E-state index is -1.84. The lowest BCUT2D eigenvalue weighted by molar-refractivity contribution is -0.160. The third kappa shape index (κ3) is 1.89. The van der Waals surface area contributed by atoms with Crippen LogP contribution in [0.25, 0.3) is 0 Å². The number of carboxylic acid groups (broad SMARTS) is 1. The molecule has 3 nitrogen and oxygen atoms in total. The largest absolute Gasteiger partial charge is 0.479 e. The van der Waals surface area contributed by atoms with Crippen molar-refractivity contribution >= 4 is 17.6 Å². The molecule has 0 aliphatic carbocycles. The summed E-state index contributed by atoms with van der Waals surface area (Å²) in [7, 11) is 0. The van der Waals surface area contributed by atoms with E-state index in [1.54, 1.807) is 25.1 Å². The maximum Gasteiger partial charge on any atom is 0.340 e. The molecule has 1 aromatic carbocycles. The van der Waals surface area contributed by atoms with E-state index in [1.165, 1.54) is 6.07 Å². The van der Waals surface area contributed by atoms with Crippen molar-refractivity contribution in [1.82, 2.24) is 0 Å². The zero-order valence-electron chi connectivity index (χ0n) is 7.70. The summed E-state index contributed by atoms with van der Waals surface area (Å²) in [5.41, 5.74) is -1.54. The molecule has 0 bridgehead atoms. The van der Waals surface area contributed by atoms with Crippen molar-refractivity contribution in [1.29, 1.82) is 0 Å². The first-order valence-electron chi connectivity index (χ1n) is 4.22. The molecule has 0 aliphatic heterocycles. The molecule has 4 heteroatoms. The van der Waals surface area contributed by atoms with Gasteiger partial charge in [-0.3, -0.25) is 0 Å². The third-order valence-electron chi connectivity index (χ3n) is 2.17. The Morgan fingerprint density at radius 2 is 2.21 bits per heavy atom. The molecule has 1 aromatic rings. The summed E-state index contributed by atoms with van der Waals surface area (Å²) >= 11 is 5.71. The lowest BCUT2D eigenvalue weighted by atomic mass is 9.91. The molecule has 1 rings (SSSR count). The van der Waals surface area contributed by atoms with Crippen molar-refractivity contribution in [2.75, 3.05) is 0 Å². The molecule has 76 valence electrons. The highest BCUT2D eigenvalue weighted by Crippen LogP contribution is 2.27. The molecule has 0 saturated carbocycles. The summed E-state index contributed by atoms with van der Waals surface area (Å²) in [6.07, 6.45) is 0.0999. The summed E-state index contributed by atoms with van der Waals surface area (Å²) in [6.45, 7) is 1.61. The van der Waals surface area contributed by atoms with E-state index in [1.807, 2.05) is 0 Å². The summed E-state index contributed by atoms with van der Waals surface area (Å²) in [5, 5.41) is 19.1. The fraction of sp³-hybridized carbons (Fsp3) is 0.300. The van der Waals surface area contributed by atoms with Gasteiger partial charge in [0.1, 0.15) is 0 Å². The molecule has 2 N–H and O–H groups in total. The van der Waals surface area contributed by atoms with E-state index < -0.39 is 11.6 Å². The smallest absolute Gasteiger partial charge is 0.340 e. The highest BCUT2D eigenvalue weighted by atomic mass is 35.5. The zero-order chi connectivity index (χ0) is 10.8. The number of carboxylic acids is 1. The van der Waals surface area contributed by atoms with E-state index in [4.69, 9.17) is 16.7 Å². The van der Waals surface area contributed by atoms with E-state index in [0.29, 0.717) is 10.6 Å². The molecule has 0 amide bonds. The average Bonchev–Trinajstić information content (AvgIpc) is 2.16. The van der Waals surface area contributed by atoms with Crippen LogP contribution in [0.3, 0.4) is 0 Å². The minimum Gasteiger partial charge on any atom is -0.479 e. The number of benzene rings is 1. The van der Waals surface area contributed by atoms with Gasteiger partial charge in [-0.05, 0) is 24.1 Å². The molecule has 0 aliphatic rings. The van der Waals surface area contributed by atoms with Gasteiger partial charge in [0.05, 0.1) is 0 Å². The van der Waals surface area contributed by atoms with Crippen LogP contribution in [0.15, 0.2) is 24.3 Å². The van der Waals surface area contributed by atoms with Gasteiger partial charge in [-0.15, -0.1) is 0 Å². The van der Waals surface area contributed by atoms with Crippen molar-refractivity contribution < 1.29 is 15.0 Å². The molecule has 14 heavy (non-hydrogen) atoms. The van der Waals surface area contributed by atoms with Crippen LogP contribution in [0.2, 0.25) is 5.02 Å². The number of halogens is 1.